The van der Waals surface area contributed by atoms with Crippen LogP contribution in [0.3, 0.4) is 0 Å². The van der Waals surface area contributed by atoms with Gasteiger partial charge in [0, 0.05) is 11.7 Å². The molecule has 0 saturated heterocycles. The van der Waals surface area contributed by atoms with E-state index in [-0.39, 0.29) is 12.1 Å². The van der Waals surface area contributed by atoms with E-state index in [0.717, 1.165) is 5.56 Å². The Morgan fingerprint density at radius 1 is 1.44 bits per heavy atom. The molecule has 0 aliphatic carbocycles. The number of carbonyl (C=O) groups is 1. The number of amides is 2. The van der Waals surface area contributed by atoms with Gasteiger partial charge in [-0.15, -0.1) is 0 Å². The van der Waals surface area contributed by atoms with E-state index >= 15 is 0 Å². The fraction of sp³-hybridized carbons (Fsp3) is 0.364. The van der Waals surface area contributed by atoms with Gasteiger partial charge in [-0.25, -0.2) is 4.79 Å². The topological polar surface area (TPSA) is 67.1 Å². The van der Waals surface area contributed by atoms with Crippen LogP contribution in [0.15, 0.2) is 12.1 Å². The monoisotopic (exact) mass is 241 g/mol. The van der Waals surface area contributed by atoms with Crippen LogP contribution in [0.25, 0.3) is 0 Å². The van der Waals surface area contributed by atoms with Crippen LogP contribution in [0.5, 0.6) is 0 Å². The SMILES string of the molecule is Cc1cc(N)c(Cl)cc1NC(=O)NC(C)C. The third-order valence-corrected chi connectivity index (χ3v) is 2.34. The number of anilines is 2. The molecule has 0 aromatic heterocycles. The van der Waals surface area contributed by atoms with Gasteiger partial charge in [0.15, 0.2) is 0 Å². The van der Waals surface area contributed by atoms with Gasteiger partial charge < -0.3 is 16.4 Å². The number of urea groups is 1. The fourth-order valence-corrected chi connectivity index (χ4v) is 1.42. The molecule has 2 amide bonds. The van der Waals surface area contributed by atoms with E-state index < -0.39 is 0 Å². The second-order valence-electron chi connectivity index (χ2n) is 3.94. The number of hydrogen-bond acceptors (Lipinski definition) is 2. The number of hydrogen-bond donors (Lipinski definition) is 3. The molecule has 0 aliphatic heterocycles. The number of carbonyl (C=O) groups excluding carboxylic acids is 1. The molecule has 0 spiro atoms. The summed E-state index contributed by atoms with van der Waals surface area (Å²) in [5.74, 6) is 0. The highest BCUT2D eigenvalue weighted by atomic mass is 35.5. The summed E-state index contributed by atoms with van der Waals surface area (Å²) >= 11 is 5.88. The first-order chi connectivity index (χ1) is 7.40. The maximum absolute atomic E-state index is 11.5. The van der Waals surface area contributed by atoms with Crippen LogP contribution in [0.1, 0.15) is 19.4 Å². The lowest BCUT2D eigenvalue weighted by molar-refractivity contribution is 0.250. The zero-order valence-corrected chi connectivity index (χ0v) is 10.4. The van der Waals surface area contributed by atoms with Crippen molar-refractivity contribution in [1.29, 1.82) is 0 Å². The van der Waals surface area contributed by atoms with Crippen LogP contribution in [-0.4, -0.2) is 12.1 Å². The van der Waals surface area contributed by atoms with Gasteiger partial charge >= 0.3 is 6.03 Å². The maximum atomic E-state index is 11.5. The van der Waals surface area contributed by atoms with Crippen molar-refractivity contribution in [3.8, 4) is 0 Å². The molecule has 1 aromatic rings. The summed E-state index contributed by atoms with van der Waals surface area (Å²) in [7, 11) is 0. The van der Waals surface area contributed by atoms with Gasteiger partial charge in [-0.1, -0.05) is 11.6 Å². The number of nitrogen functional groups attached to an aromatic ring is 1. The molecule has 1 aromatic carbocycles. The summed E-state index contributed by atoms with van der Waals surface area (Å²) in [6.07, 6.45) is 0. The summed E-state index contributed by atoms with van der Waals surface area (Å²) in [4.78, 5) is 11.5. The molecule has 88 valence electrons. The molecule has 16 heavy (non-hydrogen) atoms. The lowest BCUT2D eigenvalue weighted by Crippen LogP contribution is -2.34. The van der Waals surface area contributed by atoms with E-state index in [1.165, 1.54) is 0 Å². The van der Waals surface area contributed by atoms with Gasteiger partial charge in [0.2, 0.25) is 0 Å². The van der Waals surface area contributed by atoms with Crippen LogP contribution in [0.4, 0.5) is 16.2 Å². The predicted octanol–water partition coefficient (Wildman–Crippen LogP) is 2.76. The Morgan fingerprint density at radius 3 is 2.62 bits per heavy atom. The Bertz CT molecular complexity index is 404. The molecule has 1 rings (SSSR count). The summed E-state index contributed by atoms with van der Waals surface area (Å²) in [6, 6.07) is 3.21. The largest absolute Gasteiger partial charge is 0.398 e. The minimum atomic E-state index is -0.251. The quantitative estimate of drug-likeness (QED) is 0.697. The molecule has 0 radical (unpaired) electrons. The molecule has 0 saturated carbocycles. The van der Waals surface area contributed by atoms with Gasteiger partial charge in [0.1, 0.15) is 0 Å². The van der Waals surface area contributed by atoms with Crippen molar-refractivity contribution in [1.82, 2.24) is 5.32 Å². The van der Waals surface area contributed by atoms with Crippen molar-refractivity contribution in [2.45, 2.75) is 26.8 Å². The van der Waals surface area contributed by atoms with Crippen LogP contribution < -0.4 is 16.4 Å². The average Bonchev–Trinajstić information content (AvgIpc) is 2.12. The Labute approximate surface area is 100 Å². The van der Waals surface area contributed by atoms with E-state index in [1.807, 2.05) is 20.8 Å². The van der Waals surface area contributed by atoms with Crippen molar-refractivity contribution >= 4 is 29.0 Å². The van der Waals surface area contributed by atoms with Crippen molar-refractivity contribution in [3.05, 3.63) is 22.7 Å². The molecule has 0 bridgehead atoms. The van der Waals surface area contributed by atoms with E-state index in [4.69, 9.17) is 17.3 Å². The van der Waals surface area contributed by atoms with Gasteiger partial charge in [-0.05, 0) is 38.5 Å². The van der Waals surface area contributed by atoms with E-state index in [2.05, 4.69) is 10.6 Å². The lowest BCUT2D eigenvalue weighted by Gasteiger charge is -2.13. The molecular weight excluding hydrogens is 226 g/mol. The van der Waals surface area contributed by atoms with Crippen LogP contribution in [0.2, 0.25) is 5.02 Å². The second kappa shape index (κ2) is 5.07. The zero-order valence-electron chi connectivity index (χ0n) is 9.60. The Hall–Kier alpha value is -1.42. The van der Waals surface area contributed by atoms with Gasteiger partial charge in [-0.3, -0.25) is 0 Å². The third kappa shape index (κ3) is 3.31. The summed E-state index contributed by atoms with van der Waals surface area (Å²) in [5, 5.41) is 5.88. The highest BCUT2D eigenvalue weighted by Gasteiger charge is 2.07. The highest BCUT2D eigenvalue weighted by Crippen LogP contribution is 2.26. The molecule has 5 heteroatoms. The number of nitrogens with one attached hydrogen (secondary N) is 2. The van der Waals surface area contributed by atoms with E-state index in [1.54, 1.807) is 12.1 Å². The van der Waals surface area contributed by atoms with Crippen molar-refractivity contribution in [3.63, 3.8) is 0 Å². The normalized spacial score (nSPS) is 10.3. The molecule has 0 fully saturated rings. The summed E-state index contributed by atoms with van der Waals surface area (Å²) in [6.45, 7) is 5.64. The third-order valence-electron chi connectivity index (χ3n) is 2.01. The Morgan fingerprint density at radius 2 is 2.06 bits per heavy atom. The number of benzene rings is 1. The molecule has 4 N–H and O–H groups in total. The van der Waals surface area contributed by atoms with Crippen LogP contribution >= 0.6 is 11.6 Å². The van der Waals surface area contributed by atoms with Crippen LogP contribution in [0, 0.1) is 6.92 Å². The maximum Gasteiger partial charge on any atom is 0.319 e. The predicted molar refractivity (Wildman–Crippen MR) is 67.9 cm³/mol. The number of nitrogens with two attached hydrogens (primary N) is 1. The summed E-state index contributed by atoms with van der Waals surface area (Å²) in [5.41, 5.74) is 7.69. The lowest BCUT2D eigenvalue weighted by atomic mass is 10.2. The van der Waals surface area contributed by atoms with Crippen LogP contribution in [-0.2, 0) is 0 Å². The zero-order chi connectivity index (χ0) is 12.3. The van der Waals surface area contributed by atoms with Gasteiger partial charge in [0.25, 0.3) is 0 Å². The van der Waals surface area contributed by atoms with E-state index in [0.29, 0.717) is 16.4 Å². The summed E-state index contributed by atoms with van der Waals surface area (Å²) < 4.78 is 0. The standard InChI is InChI=1S/C11H16ClN3O/c1-6(2)14-11(16)15-10-5-8(12)9(13)4-7(10)3/h4-6H,13H2,1-3H3,(H2,14,15,16). The van der Waals surface area contributed by atoms with Gasteiger partial charge in [-0.2, -0.15) is 0 Å². The highest BCUT2D eigenvalue weighted by molar-refractivity contribution is 6.33. The Kier molecular flexibility index (Phi) is 4.01. The molecule has 0 atom stereocenters. The molecule has 0 unspecified atom stereocenters. The van der Waals surface area contributed by atoms with Gasteiger partial charge in [0.05, 0.1) is 10.7 Å². The minimum Gasteiger partial charge on any atom is -0.398 e. The number of halogens is 1. The Balaban J connectivity index is 2.81. The van der Waals surface area contributed by atoms with Crippen molar-refractivity contribution in [2.24, 2.45) is 0 Å². The average molecular weight is 242 g/mol. The molecule has 0 aliphatic rings. The second-order valence-corrected chi connectivity index (χ2v) is 4.35. The first-order valence-corrected chi connectivity index (χ1v) is 5.41. The molecule has 0 heterocycles. The molecule has 4 nitrogen and oxygen atoms in total. The fourth-order valence-electron chi connectivity index (χ4n) is 1.26. The number of rotatable bonds is 2. The van der Waals surface area contributed by atoms with E-state index in [9.17, 15) is 4.79 Å². The smallest absolute Gasteiger partial charge is 0.319 e. The van der Waals surface area contributed by atoms with Crippen molar-refractivity contribution in [2.75, 3.05) is 11.1 Å². The van der Waals surface area contributed by atoms with Crippen molar-refractivity contribution < 1.29 is 4.79 Å². The molecular formula is C11H16ClN3O. The minimum absolute atomic E-state index is 0.0876. The first-order valence-electron chi connectivity index (χ1n) is 5.03. The first kappa shape index (κ1) is 12.6. The number of aryl methyl sites for hydroxylation is 1.